The third kappa shape index (κ3) is 3.21. The first kappa shape index (κ1) is 15.0. The summed E-state index contributed by atoms with van der Waals surface area (Å²) in [5.41, 5.74) is 8.38. The minimum absolute atomic E-state index is 0.650. The van der Waals surface area contributed by atoms with Gasteiger partial charge in [-0.3, -0.25) is 4.79 Å². The average molecular weight is 296 g/mol. The van der Waals surface area contributed by atoms with Crippen LogP contribution in [0.4, 0.5) is 4.79 Å². The Balaban J connectivity index is 2.24. The van der Waals surface area contributed by atoms with Gasteiger partial charge >= 0.3 is 12.1 Å². The van der Waals surface area contributed by atoms with Crippen LogP contribution in [0.2, 0.25) is 0 Å². The zero-order valence-corrected chi connectivity index (χ0v) is 11.5. The quantitative estimate of drug-likeness (QED) is 0.606. The molecule has 9 nitrogen and oxygen atoms in total. The number of nitrogens with zero attached hydrogens (tertiary/aromatic N) is 1. The smallest absolute Gasteiger partial charge is 0.440 e. The number of hydrogen-bond acceptors (Lipinski definition) is 7. The van der Waals surface area contributed by atoms with Gasteiger partial charge in [-0.15, -0.1) is 5.53 Å². The summed E-state index contributed by atoms with van der Waals surface area (Å²) in [5, 5.41) is 10.2. The number of methoxy groups -OCH3 is 2. The highest BCUT2D eigenvalue weighted by Crippen LogP contribution is 2.22. The first-order valence-corrected chi connectivity index (χ1v) is 6.09. The number of carboxylic acids is 1. The molecule has 1 fully saturated rings. The van der Waals surface area contributed by atoms with Crippen LogP contribution in [-0.2, 0) is 9.53 Å². The first-order chi connectivity index (χ1) is 10.1. The van der Waals surface area contributed by atoms with Gasteiger partial charge < -0.3 is 14.6 Å². The second kappa shape index (κ2) is 6.39. The van der Waals surface area contributed by atoms with Gasteiger partial charge in [0.2, 0.25) is 0 Å². The molecular formula is C12H16N4O5. The van der Waals surface area contributed by atoms with Crippen molar-refractivity contribution in [2.75, 3.05) is 14.2 Å². The maximum Gasteiger partial charge on any atom is 0.440 e. The predicted octanol–water partition coefficient (Wildman–Crippen LogP) is -0.215. The number of benzene rings is 1. The molecule has 0 bridgehead atoms. The molecule has 1 aromatic rings. The molecule has 1 aromatic carbocycles. The van der Waals surface area contributed by atoms with E-state index in [0.29, 0.717) is 11.3 Å². The van der Waals surface area contributed by atoms with Crippen LogP contribution in [0, 0.1) is 0 Å². The van der Waals surface area contributed by atoms with Crippen molar-refractivity contribution in [1.82, 2.24) is 21.5 Å². The highest BCUT2D eigenvalue weighted by molar-refractivity contribution is 5.75. The number of carbonyl (C=O) groups excluding carboxylic acids is 1. The van der Waals surface area contributed by atoms with E-state index in [0.717, 1.165) is 5.12 Å². The standard InChI is InChI=1S/C12H16N4O5/c1-20-8-5-3-7(4-6-8)9-10(11(17)18)13-15-16(14-9)12(19)21-2/h3-6,9-10,13-15H,1-2H3,(H,17,18). The molecule has 2 atom stereocenters. The number of carboxylic acid groups (broad SMARTS) is 1. The number of ether oxygens (including phenoxy) is 2. The molecule has 0 aliphatic carbocycles. The Kier molecular flexibility index (Phi) is 4.58. The van der Waals surface area contributed by atoms with Gasteiger partial charge in [0.15, 0.2) is 0 Å². The van der Waals surface area contributed by atoms with Gasteiger partial charge in [-0.05, 0) is 17.7 Å². The molecule has 0 spiro atoms. The van der Waals surface area contributed by atoms with E-state index in [2.05, 4.69) is 21.1 Å². The summed E-state index contributed by atoms with van der Waals surface area (Å²) >= 11 is 0. The molecule has 2 rings (SSSR count). The maximum absolute atomic E-state index is 11.5. The van der Waals surface area contributed by atoms with Gasteiger partial charge in [0.25, 0.3) is 0 Å². The molecule has 0 radical (unpaired) electrons. The second-order valence-corrected chi connectivity index (χ2v) is 4.26. The number of aliphatic carboxylic acids is 1. The highest BCUT2D eigenvalue weighted by atomic mass is 16.6. The number of carbonyl (C=O) groups is 2. The minimum atomic E-state index is -1.07. The van der Waals surface area contributed by atoms with Gasteiger partial charge in [0.05, 0.1) is 20.3 Å². The largest absolute Gasteiger partial charge is 0.497 e. The molecule has 1 aliphatic rings. The summed E-state index contributed by atoms with van der Waals surface area (Å²) < 4.78 is 9.62. The van der Waals surface area contributed by atoms with Crippen LogP contribution in [-0.4, -0.2) is 42.5 Å². The first-order valence-electron chi connectivity index (χ1n) is 6.09. The van der Waals surface area contributed by atoms with Gasteiger partial charge in [-0.1, -0.05) is 12.1 Å². The van der Waals surface area contributed by atoms with Crippen LogP contribution >= 0.6 is 0 Å². The summed E-state index contributed by atoms with van der Waals surface area (Å²) in [6.45, 7) is 0. The number of rotatable bonds is 3. The van der Waals surface area contributed by atoms with Crippen LogP contribution < -0.4 is 21.1 Å². The third-order valence-electron chi connectivity index (χ3n) is 3.03. The maximum atomic E-state index is 11.5. The number of amides is 1. The normalized spacial score (nSPS) is 21.7. The molecule has 114 valence electrons. The Bertz CT molecular complexity index is 521. The van der Waals surface area contributed by atoms with E-state index in [4.69, 9.17) is 4.74 Å². The van der Waals surface area contributed by atoms with E-state index in [1.165, 1.54) is 7.11 Å². The van der Waals surface area contributed by atoms with Gasteiger partial charge in [-0.25, -0.2) is 15.6 Å². The summed E-state index contributed by atoms with van der Waals surface area (Å²) in [6.07, 6.45) is -0.704. The van der Waals surface area contributed by atoms with Crippen molar-refractivity contribution in [2.24, 2.45) is 0 Å². The molecule has 21 heavy (non-hydrogen) atoms. The van der Waals surface area contributed by atoms with E-state index < -0.39 is 24.1 Å². The lowest BCUT2D eigenvalue weighted by atomic mass is 10.00. The van der Waals surface area contributed by atoms with Crippen molar-refractivity contribution < 1.29 is 24.2 Å². The van der Waals surface area contributed by atoms with E-state index in [1.807, 2.05) is 0 Å². The monoisotopic (exact) mass is 296 g/mol. The summed E-state index contributed by atoms with van der Waals surface area (Å²) in [7, 11) is 2.76. The molecule has 1 aliphatic heterocycles. The van der Waals surface area contributed by atoms with Crippen LogP contribution in [0.5, 0.6) is 5.75 Å². The van der Waals surface area contributed by atoms with E-state index in [9.17, 15) is 14.7 Å². The molecule has 0 aromatic heterocycles. The lowest BCUT2D eigenvalue weighted by molar-refractivity contribution is -0.144. The zero-order chi connectivity index (χ0) is 15.4. The molecular weight excluding hydrogens is 280 g/mol. The van der Waals surface area contributed by atoms with E-state index in [1.54, 1.807) is 31.4 Å². The Hall–Kier alpha value is -2.36. The molecule has 1 saturated heterocycles. The Morgan fingerprint density at radius 3 is 2.43 bits per heavy atom. The molecule has 4 N–H and O–H groups in total. The van der Waals surface area contributed by atoms with Crippen molar-refractivity contribution in [3.63, 3.8) is 0 Å². The number of hydrazine groups is 3. The van der Waals surface area contributed by atoms with Gasteiger partial charge in [-0.2, -0.15) is 5.12 Å². The minimum Gasteiger partial charge on any atom is -0.497 e. The predicted molar refractivity (Wildman–Crippen MR) is 70.8 cm³/mol. The molecule has 2 unspecified atom stereocenters. The average Bonchev–Trinajstić information content (AvgIpc) is 2.53. The lowest BCUT2D eigenvalue weighted by Gasteiger charge is -2.37. The molecule has 9 heteroatoms. The van der Waals surface area contributed by atoms with Gasteiger partial charge in [0.1, 0.15) is 11.8 Å². The van der Waals surface area contributed by atoms with Crippen molar-refractivity contribution in [3.8, 4) is 5.75 Å². The fourth-order valence-electron chi connectivity index (χ4n) is 1.94. The van der Waals surface area contributed by atoms with Crippen molar-refractivity contribution >= 4 is 12.1 Å². The number of hydrogen-bond donors (Lipinski definition) is 4. The fraction of sp³-hybridized carbons (Fsp3) is 0.333. The second-order valence-electron chi connectivity index (χ2n) is 4.26. The summed E-state index contributed by atoms with van der Waals surface area (Å²) in [5.74, 6) is -0.419. The fourth-order valence-corrected chi connectivity index (χ4v) is 1.94. The summed E-state index contributed by atoms with van der Waals surface area (Å²) in [4.78, 5) is 22.8. The van der Waals surface area contributed by atoms with Gasteiger partial charge in [0, 0.05) is 0 Å². The van der Waals surface area contributed by atoms with E-state index >= 15 is 0 Å². The van der Waals surface area contributed by atoms with Crippen LogP contribution in [0.25, 0.3) is 0 Å². The molecule has 1 amide bonds. The molecule has 1 heterocycles. The Labute approximate surface area is 120 Å². The highest BCUT2D eigenvalue weighted by Gasteiger charge is 2.36. The zero-order valence-electron chi connectivity index (χ0n) is 11.5. The van der Waals surface area contributed by atoms with Crippen LogP contribution in [0.15, 0.2) is 24.3 Å². The van der Waals surface area contributed by atoms with E-state index in [-0.39, 0.29) is 0 Å². The van der Waals surface area contributed by atoms with Crippen molar-refractivity contribution in [2.45, 2.75) is 12.1 Å². The Morgan fingerprint density at radius 1 is 1.24 bits per heavy atom. The SMILES string of the molecule is COC(=O)N1NNC(C(=O)O)C(c2ccc(OC)cc2)N1. The van der Waals surface area contributed by atoms with Crippen LogP contribution in [0.1, 0.15) is 11.6 Å². The topological polar surface area (TPSA) is 112 Å². The summed E-state index contributed by atoms with van der Waals surface area (Å²) in [6, 6.07) is 5.21. The molecule has 0 saturated carbocycles. The third-order valence-corrected chi connectivity index (χ3v) is 3.03. The van der Waals surface area contributed by atoms with Crippen LogP contribution in [0.3, 0.4) is 0 Å². The number of nitrogens with one attached hydrogen (secondary N) is 3. The van der Waals surface area contributed by atoms with Crippen molar-refractivity contribution in [1.29, 1.82) is 0 Å². The lowest BCUT2D eigenvalue weighted by Crippen LogP contribution is -2.69. The van der Waals surface area contributed by atoms with Crippen molar-refractivity contribution in [3.05, 3.63) is 29.8 Å². The Morgan fingerprint density at radius 2 is 1.90 bits per heavy atom.